The topological polar surface area (TPSA) is 38.2 Å². The van der Waals surface area contributed by atoms with E-state index in [4.69, 9.17) is 27.9 Å². The summed E-state index contributed by atoms with van der Waals surface area (Å²) in [5.41, 5.74) is 0. The van der Waals surface area contributed by atoms with Crippen LogP contribution < -0.4 is 4.74 Å². The first-order chi connectivity index (χ1) is 7.67. The molecule has 1 heterocycles. The number of rotatable bonds is 6. The van der Waals surface area contributed by atoms with Gasteiger partial charge in [0, 0.05) is 6.54 Å². The van der Waals surface area contributed by atoms with Crippen LogP contribution in [0.5, 0.6) is 5.88 Å². The summed E-state index contributed by atoms with van der Waals surface area (Å²) in [7, 11) is 0. The number of halogens is 2. The second-order valence-corrected chi connectivity index (χ2v) is 3.91. The zero-order valence-corrected chi connectivity index (χ0v) is 10.9. The van der Waals surface area contributed by atoms with Crippen molar-refractivity contribution in [3.05, 3.63) is 16.5 Å². The fourth-order valence-corrected chi connectivity index (χ4v) is 1.51. The minimum atomic E-state index is 0.141. The molecule has 1 rings (SSSR count). The van der Waals surface area contributed by atoms with E-state index in [9.17, 15) is 0 Å². The fraction of sp³-hybridized carbons (Fsp3) is 0.600. The Morgan fingerprint density at radius 1 is 1.31 bits per heavy atom. The van der Waals surface area contributed by atoms with Crippen LogP contribution in [-0.4, -0.2) is 41.1 Å². The molecule has 0 bridgehead atoms. The molecule has 0 aliphatic carbocycles. The predicted molar refractivity (Wildman–Crippen MR) is 65.3 cm³/mol. The van der Waals surface area contributed by atoms with Crippen molar-refractivity contribution in [2.75, 3.05) is 26.2 Å². The lowest BCUT2D eigenvalue weighted by atomic mass is 10.5. The highest BCUT2D eigenvalue weighted by Gasteiger charge is 2.06. The van der Waals surface area contributed by atoms with Gasteiger partial charge in [0.1, 0.15) is 11.6 Å². The van der Waals surface area contributed by atoms with Gasteiger partial charge in [-0.05, 0) is 24.7 Å². The summed E-state index contributed by atoms with van der Waals surface area (Å²) in [6.45, 7) is 7.59. The molecule has 0 aliphatic heterocycles. The minimum absolute atomic E-state index is 0.141. The largest absolute Gasteiger partial charge is 0.475 e. The maximum atomic E-state index is 5.86. The molecular formula is C10H15Cl2N3O. The molecule has 0 saturated heterocycles. The van der Waals surface area contributed by atoms with Gasteiger partial charge in [-0.25, -0.2) is 4.98 Å². The first-order valence-electron chi connectivity index (χ1n) is 5.20. The van der Waals surface area contributed by atoms with Crippen molar-refractivity contribution in [3.63, 3.8) is 0 Å². The van der Waals surface area contributed by atoms with Crippen molar-refractivity contribution in [2.45, 2.75) is 13.8 Å². The first-order valence-corrected chi connectivity index (χ1v) is 5.96. The molecule has 0 unspecified atom stereocenters. The maximum Gasteiger partial charge on any atom is 0.237 e. The third-order valence-electron chi connectivity index (χ3n) is 2.22. The van der Waals surface area contributed by atoms with Crippen molar-refractivity contribution in [1.82, 2.24) is 14.9 Å². The Kier molecular flexibility index (Phi) is 5.80. The van der Waals surface area contributed by atoms with Gasteiger partial charge in [-0.15, -0.1) is 0 Å². The quantitative estimate of drug-likeness (QED) is 0.740. The van der Waals surface area contributed by atoms with E-state index >= 15 is 0 Å². The van der Waals surface area contributed by atoms with Crippen LogP contribution in [0.4, 0.5) is 0 Å². The molecule has 90 valence electrons. The summed E-state index contributed by atoms with van der Waals surface area (Å²) in [6.07, 6.45) is 1.43. The Labute approximate surface area is 106 Å². The molecule has 0 radical (unpaired) electrons. The Bertz CT molecular complexity index is 332. The maximum absolute atomic E-state index is 5.86. The number of nitrogens with zero attached hydrogens (tertiary/aromatic N) is 3. The fourth-order valence-electron chi connectivity index (χ4n) is 1.24. The SMILES string of the molecule is CCN(CC)CCOc1nc(Cl)ncc1Cl. The summed E-state index contributed by atoms with van der Waals surface area (Å²) < 4.78 is 5.44. The van der Waals surface area contributed by atoms with E-state index in [1.165, 1.54) is 6.20 Å². The lowest BCUT2D eigenvalue weighted by molar-refractivity contribution is 0.218. The smallest absolute Gasteiger partial charge is 0.237 e. The van der Waals surface area contributed by atoms with Crippen molar-refractivity contribution < 1.29 is 4.74 Å². The second kappa shape index (κ2) is 6.89. The molecule has 0 saturated carbocycles. The zero-order valence-electron chi connectivity index (χ0n) is 9.41. The second-order valence-electron chi connectivity index (χ2n) is 3.17. The van der Waals surface area contributed by atoms with Crippen LogP contribution in [-0.2, 0) is 0 Å². The summed E-state index contributed by atoms with van der Waals surface area (Å²) in [6, 6.07) is 0. The lowest BCUT2D eigenvalue weighted by Gasteiger charge is -2.17. The molecule has 1 aromatic heterocycles. The first kappa shape index (κ1) is 13.5. The summed E-state index contributed by atoms with van der Waals surface area (Å²) in [4.78, 5) is 9.90. The predicted octanol–water partition coefficient (Wildman–Crippen LogP) is 2.50. The highest BCUT2D eigenvalue weighted by Crippen LogP contribution is 2.21. The Balaban J connectivity index is 2.45. The molecule has 16 heavy (non-hydrogen) atoms. The van der Waals surface area contributed by atoms with Crippen LogP contribution >= 0.6 is 23.2 Å². The van der Waals surface area contributed by atoms with Gasteiger partial charge in [-0.1, -0.05) is 25.4 Å². The third-order valence-corrected chi connectivity index (χ3v) is 2.66. The monoisotopic (exact) mass is 263 g/mol. The highest BCUT2D eigenvalue weighted by atomic mass is 35.5. The van der Waals surface area contributed by atoms with Crippen LogP contribution in [0.2, 0.25) is 10.3 Å². The van der Waals surface area contributed by atoms with E-state index in [0.29, 0.717) is 17.5 Å². The van der Waals surface area contributed by atoms with E-state index in [1.807, 2.05) is 0 Å². The van der Waals surface area contributed by atoms with Crippen LogP contribution in [0.15, 0.2) is 6.20 Å². The Morgan fingerprint density at radius 3 is 2.62 bits per heavy atom. The molecule has 0 aromatic carbocycles. The minimum Gasteiger partial charge on any atom is -0.475 e. The standard InChI is InChI=1S/C10H15Cl2N3O/c1-3-15(4-2)5-6-16-9-8(11)7-13-10(12)14-9/h7H,3-6H2,1-2H3. The van der Waals surface area contributed by atoms with Gasteiger partial charge in [-0.2, -0.15) is 4.98 Å². The summed E-state index contributed by atoms with van der Waals surface area (Å²) >= 11 is 11.5. The number of likely N-dealkylation sites (N-methyl/N-ethyl adjacent to an activating group) is 1. The third kappa shape index (κ3) is 4.12. The van der Waals surface area contributed by atoms with Crippen molar-refractivity contribution in [3.8, 4) is 5.88 Å². The van der Waals surface area contributed by atoms with Crippen LogP contribution in [0, 0.1) is 0 Å². The average Bonchev–Trinajstić information content (AvgIpc) is 2.29. The number of ether oxygens (including phenoxy) is 1. The average molecular weight is 264 g/mol. The van der Waals surface area contributed by atoms with Gasteiger partial charge in [0.15, 0.2) is 0 Å². The number of hydrogen-bond acceptors (Lipinski definition) is 4. The Morgan fingerprint density at radius 2 is 2.00 bits per heavy atom. The van der Waals surface area contributed by atoms with E-state index in [-0.39, 0.29) is 5.28 Å². The molecule has 0 fully saturated rings. The van der Waals surface area contributed by atoms with Crippen LogP contribution in [0.3, 0.4) is 0 Å². The highest BCUT2D eigenvalue weighted by molar-refractivity contribution is 6.32. The van der Waals surface area contributed by atoms with Crippen LogP contribution in [0.1, 0.15) is 13.8 Å². The van der Waals surface area contributed by atoms with Crippen molar-refractivity contribution in [1.29, 1.82) is 0 Å². The van der Waals surface area contributed by atoms with Crippen molar-refractivity contribution in [2.24, 2.45) is 0 Å². The molecule has 0 aliphatic rings. The molecule has 6 heteroatoms. The normalized spacial score (nSPS) is 10.8. The molecule has 0 atom stereocenters. The number of hydrogen-bond donors (Lipinski definition) is 0. The van der Waals surface area contributed by atoms with Crippen molar-refractivity contribution >= 4 is 23.2 Å². The van der Waals surface area contributed by atoms with Gasteiger partial charge in [-0.3, -0.25) is 0 Å². The molecule has 0 N–H and O–H groups in total. The molecule has 0 amide bonds. The van der Waals surface area contributed by atoms with Crippen LogP contribution in [0.25, 0.3) is 0 Å². The van der Waals surface area contributed by atoms with E-state index in [0.717, 1.165) is 19.6 Å². The van der Waals surface area contributed by atoms with Gasteiger partial charge in [0.25, 0.3) is 0 Å². The summed E-state index contributed by atoms with van der Waals surface area (Å²) in [5, 5.41) is 0.520. The van der Waals surface area contributed by atoms with Gasteiger partial charge in [0.2, 0.25) is 11.2 Å². The van der Waals surface area contributed by atoms with Gasteiger partial charge < -0.3 is 9.64 Å². The molecule has 0 spiro atoms. The number of aromatic nitrogens is 2. The summed E-state index contributed by atoms with van der Waals surface area (Å²) in [5.74, 6) is 0.342. The molecule has 1 aromatic rings. The van der Waals surface area contributed by atoms with E-state index < -0.39 is 0 Å². The van der Waals surface area contributed by atoms with E-state index in [1.54, 1.807) is 0 Å². The van der Waals surface area contributed by atoms with Gasteiger partial charge >= 0.3 is 0 Å². The van der Waals surface area contributed by atoms with Gasteiger partial charge in [0.05, 0.1) is 6.20 Å². The lowest BCUT2D eigenvalue weighted by Crippen LogP contribution is -2.28. The molecule has 4 nitrogen and oxygen atoms in total. The Hall–Kier alpha value is -0.580. The van der Waals surface area contributed by atoms with E-state index in [2.05, 4.69) is 28.7 Å². The molecular weight excluding hydrogens is 249 g/mol. The zero-order chi connectivity index (χ0) is 12.0.